The largest absolute Gasteiger partial charge is 0.463 e. The Kier molecular flexibility index (Phi) is 7.08. The molecule has 2 fully saturated rings. The van der Waals surface area contributed by atoms with Crippen molar-refractivity contribution in [3.8, 4) is 0 Å². The van der Waals surface area contributed by atoms with Crippen LogP contribution in [0.4, 0.5) is 0 Å². The van der Waals surface area contributed by atoms with Crippen LogP contribution in [0.15, 0.2) is 34.9 Å². The van der Waals surface area contributed by atoms with Gasteiger partial charge in [0.25, 0.3) is 11.1 Å². The fourth-order valence-electron chi connectivity index (χ4n) is 4.90. The Morgan fingerprint density at radius 2 is 1.20 bits per heavy atom. The topological polar surface area (TPSA) is 198 Å². The number of esters is 2. The summed E-state index contributed by atoms with van der Waals surface area (Å²) >= 11 is 0. The molecule has 6 rings (SSSR count). The quantitative estimate of drug-likeness (QED) is 0.272. The molecular weight excluding hydrogens is 528 g/mol. The van der Waals surface area contributed by atoms with E-state index < -0.39 is 11.9 Å². The standard InChI is InChI=1S/C24H26N8O8/c33-17(37-7-13-1-3-15(39-13)31-11-29-19-21(31)25-9-27-23(19)35)5-6-18(34)38-8-14-2-4-16(40-14)32-12-30-20-22(32)26-10-28-24(20)36/h9-16H,1-8H2,(H,25,27,35)(H,26,28,36)/t13-,14-,15+,16+/m0/s1. The Bertz CT molecular complexity index is 1540. The van der Waals surface area contributed by atoms with Crippen LogP contribution < -0.4 is 11.1 Å². The van der Waals surface area contributed by atoms with E-state index in [9.17, 15) is 19.2 Å². The van der Waals surface area contributed by atoms with E-state index in [1.807, 2.05) is 0 Å². The first-order valence-electron chi connectivity index (χ1n) is 12.9. The van der Waals surface area contributed by atoms with Crippen LogP contribution in [0.1, 0.15) is 51.0 Å². The lowest BCUT2D eigenvalue weighted by molar-refractivity contribution is -0.155. The number of carbonyl (C=O) groups excluding carboxylic acids is 2. The van der Waals surface area contributed by atoms with Crippen molar-refractivity contribution in [3.05, 3.63) is 46.0 Å². The summed E-state index contributed by atoms with van der Waals surface area (Å²) in [6.45, 7) is 0.0952. The predicted molar refractivity (Wildman–Crippen MR) is 134 cm³/mol. The highest BCUT2D eigenvalue weighted by Gasteiger charge is 2.30. The molecule has 6 heterocycles. The monoisotopic (exact) mass is 554 g/mol. The molecule has 16 nitrogen and oxygen atoms in total. The molecular formula is C24H26N8O8. The highest BCUT2D eigenvalue weighted by atomic mass is 16.6. The number of aromatic amines is 2. The van der Waals surface area contributed by atoms with Crippen molar-refractivity contribution in [3.63, 3.8) is 0 Å². The molecule has 0 aromatic carbocycles. The van der Waals surface area contributed by atoms with Gasteiger partial charge in [-0.2, -0.15) is 0 Å². The lowest BCUT2D eigenvalue weighted by atomic mass is 10.2. The van der Waals surface area contributed by atoms with E-state index in [4.69, 9.17) is 18.9 Å². The van der Waals surface area contributed by atoms with Crippen molar-refractivity contribution in [2.45, 2.75) is 63.2 Å². The van der Waals surface area contributed by atoms with Gasteiger partial charge >= 0.3 is 11.9 Å². The molecule has 0 radical (unpaired) electrons. The van der Waals surface area contributed by atoms with Crippen molar-refractivity contribution in [2.75, 3.05) is 13.2 Å². The predicted octanol–water partition coefficient (Wildman–Crippen LogP) is 0.475. The molecule has 4 aromatic heterocycles. The zero-order chi connectivity index (χ0) is 27.6. The van der Waals surface area contributed by atoms with Crippen molar-refractivity contribution in [1.29, 1.82) is 0 Å². The summed E-state index contributed by atoms with van der Waals surface area (Å²) in [6, 6.07) is 0. The van der Waals surface area contributed by atoms with Crippen LogP contribution in [0, 0.1) is 0 Å². The van der Waals surface area contributed by atoms with E-state index >= 15 is 0 Å². The average molecular weight is 555 g/mol. The number of nitrogens with one attached hydrogen (secondary N) is 2. The van der Waals surface area contributed by atoms with E-state index in [1.165, 1.54) is 25.3 Å². The van der Waals surface area contributed by atoms with Crippen LogP contribution in [0.25, 0.3) is 22.3 Å². The van der Waals surface area contributed by atoms with Crippen LogP contribution in [0.3, 0.4) is 0 Å². The van der Waals surface area contributed by atoms with Crippen LogP contribution >= 0.6 is 0 Å². The van der Waals surface area contributed by atoms with Gasteiger partial charge < -0.3 is 28.9 Å². The first-order chi connectivity index (χ1) is 19.5. The SMILES string of the molecule is O=C(CCC(=O)OC[C@@H]1CC[C@H](n2cnc3c(=O)[nH]cnc32)O1)OC[C@@H]1CC[C@H](n2cnc3c(=O)[nH]cnc32)O1. The van der Waals surface area contributed by atoms with Crippen molar-refractivity contribution in [2.24, 2.45) is 0 Å². The smallest absolute Gasteiger partial charge is 0.306 e. The van der Waals surface area contributed by atoms with Gasteiger partial charge in [-0.15, -0.1) is 0 Å². The number of H-pyrrole nitrogens is 2. The van der Waals surface area contributed by atoms with E-state index in [0.29, 0.717) is 37.0 Å². The Labute approximate surface area is 224 Å². The minimum absolute atomic E-state index is 0.0476. The van der Waals surface area contributed by atoms with Crippen molar-refractivity contribution in [1.82, 2.24) is 39.0 Å². The second kappa shape index (κ2) is 11.0. The Balaban J connectivity index is 0.900. The van der Waals surface area contributed by atoms with Gasteiger partial charge in [0.2, 0.25) is 0 Å². The van der Waals surface area contributed by atoms with Gasteiger partial charge in [-0.25, -0.2) is 19.9 Å². The zero-order valence-corrected chi connectivity index (χ0v) is 21.2. The zero-order valence-electron chi connectivity index (χ0n) is 21.2. The van der Waals surface area contributed by atoms with Gasteiger partial charge in [0.15, 0.2) is 22.3 Å². The van der Waals surface area contributed by atoms with Gasteiger partial charge in [-0.05, 0) is 25.7 Å². The van der Waals surface area contributed by atoms with E-state index in [2.05, 4.69) is 29.9 Å². The summed E-state index contributed by atoms with van der Waals surface area (Å²) in [5, 5.41) is 0. The maximum absolute atomic E-state index is 12.2. The van der Waals surface area contributed by atoms with Gasteiger partial charge in [0.1, 0.15) is 25.7 Å². The summed E-state index contributed by atoms with van der Waals surface area (Å²) in [5.41, 5.74) is 0.651. The average Bonchev–Trinajstić information content (AvgIpc) is 3.75. The number of aromatic nitrogens is 8. The number of fused-ring (bicyclic) bond motifs is 2. The molecule has 40 heavy (non-hydrogen) atoms. The number of imidazole rings is 2. The maximum atomic E-state index is 12.2. The minimum atomic E-state index is -0.531. The molecule has 4 atom stereocenters. The molecule has 0 aliphatic carbocycles. The normalized spacial score (nSPS) is 22.7. The number of hydrogen-bond acceptors (Lipinski definition) is 12. The molecule has 2 N–H and O–H groups in total. The molecule has 0 bridgehead atoms. The highest BCUT2D eigenvalue weighted by Crippen LogP contribution is 2.31. The summed E-state index contributed by atoms with van der Waals surface area (Å²) < 4.78 is 25.9. The molecule has 0 saturated carbocycles. The molecule has 2 aliphatic rings. The van der Waals surface area contributed by atoms with Crippen LogP contribution in [0.2, 0.25) is 0 Å². The van der Waals surface area contributed by atoms with Gasteiger partial charge in [0, 0.05) is 0 Å². The number of carbonyl (C=O) groups is 2. The van der Waals surface area contributed by atoms with Crippen LogP contribution in [-0.4, -0.2) is 76.4 Å². The first kappa shape index (κ1) is 25.8. The van der Waals surface area contributed by atoms with Gasteiger partial charge in [-0.1, -0.05) is 0 Å². The molecule has 2 saturated heterocycles. The summed E-state index contributed by atoms with van der Waals surface area (Å²) in [5.74, 6) is -1.06. The minimum Gasteiger partial charge on any atom is -0.463 e. The molecule has 16 heteroatoms. The Morgan fingerprint density at radius 1 is 0.750 bits per heavy atom. The Morgan fingerprint density at radius 3 is 1.65 bits per heavy atom. The summed E-state index contributed by atoms with van der Waals surface area (Å²) in [7, 11) is 0. The number of hydrogen-bond donors (Lipinski definition) is 2. The summed E-state index contributed by atoms with van der Waals surface area (Å²) in [4.78, 5) is 69.5. The van der Waals surface area contributed by atoms with Crippen LogP contribution in [0.5, 0.6) is 0 Å². The third-order valence-corrected chi connectivity index (χ3v) is 6.91. The van der Waals surface area contributed by atoms with Crippen molar-refractivity contribution >= 4 is 34.3 Å². The molecule has 4 aromatic rings. The molecule has 210 valence electrons. The lowest BCUT2D eigenvalue weighted by Crippen LogP contribution is -2.21. The number of nitrogens with zero attached hydrogens (tertiary/aromatic N) is 6. The summed E-state index contributed by atoms with van der Waals surface area (Å²) in [6.07, 6.45) is 6.57. The molecule has 2 aliphatic heterocycles. The molecule has 0 amide bonds. The van der Waals surface area contributed by atoms with Gasteiger partial charge in [0.05, 0.1) is 50.4 Å². The van der Waals surface area contributed by atoms with Crippen molar-refractivity contribution < 1.29 is 28.5 Å². The third kappa shape index (κ3) is 5.22. The fourth-order valence-corrected chi connectivity index (χ4v) is 4.90. The molecule has 0 spiro atoms. The van der Waals surface area contributed by atoms with E-state index in [-0.39, 0.29) is 72.9 Å². The second-order valence-electron chi connectivity index (χ2n) is 9.56. The first-order valence-corrected chi connectivity index (χ1v) is 12.9. The number of rotatable bonds is 9. The second-order valence-corrected chi connectivity index (χ2v) is 9.56. The lowest BCUT2D eigenvalue weighted by Gasteiger charge is -2.16. The van der Waals surface area contributed by atoms with E-state index in [0.717, 1.165) is 0 Å². The van der Waals surface area contributed by atoms with Crippen LogP contribution in [-0.2, 0) is 28.5 Å². The maximum Gasteiger partial charge on any atom is 0.306 e. The third-order valence-electron chi connectivity index (χ3n) is 6.91. The van der Waals surface area contributed by atoms with E-state index in [1.54, 1.807) is 9.13 Å². The molecule has 0 unspecified atom stereocenters. The Hall–Kier alpha value is -4.44. The van der Waals surface area contributed by atoms with Gasteiger partial charge in [-0.3, -0.25) is 28.3 Å². The number of ether oxygens (including phenoxy) is 4. The highest BCUT2D eigenvalue weighted by molar-refractivity contribution is 5.77. The fraction of sp³-hybridized carbons (Fsp3) is 0.500.